The first kappa shape index (κ1) is 23.7. The topological polar surface area (TPSA) is 92.5 Å². The summed E-state index contributed by atoms with van der Waals surface area (Å²) in [4.78, 5) is 46.2. The van der Waals surface area contributed by atoms with Crippen LogP contribution in [0, 0.1) is 0 Å². The van der Waals surface area contributed by atoms with Crippen LogP contribution in [-0.2, 0) is 29.2 Å². The molecule has 1 aliphatic rings. The largest absolute Gasteiger partial charge is 0.340 e. The molecule has 1 aliphatic heterocycles. The number of carbonyl (C=O) groups excluding carboxylic acids is 2. The van der Waals surface area contributed by atoms with Crippen LogP contribution >= 0.6 is 0 Å². The highest BCUT2D eigenvalue weighted by molar-refractivity contribution is 5.93. The lowest BCUT2D eigenvalue weighted by atomic mass is 10.2. The van der Waals surface area contributed by atoms with Gasteiger partial charge in [0.15, 0.2) is 5.65 Å². The van der Waals surface area contributed by atoms with Crippen LogP contribution in [0.4, 0.5) is 5.82 Å². The molecule has 0 bridgehead atoms. The Morgan fingerprint density at radius 3 is 2.29 bits per heavy atom. The second kappa shape index (κ2) is 10.6. The zero-order valence-corrected chi connectivity index (χ0v) is 19.9. The summed E-state index contributed by atoms with van der Waals surface area (Å²) in [5.74, 6) is 0.121. The van der Waals surface area contributed by atoms with Crippen LogP contribution in [0.25, 0.3) is 11.2 Å². The fourth-order valence-corrected chi connectivity index (χ4v) is 4.43. The third-order valence-corrected chi connectivity index (χ3v) is 6.30. The van der Waals surface area contributed by atoms with Gasteiger partial charge in [-0.1, -0.05) is 30.3 Å². The van der Waals surface area contributed by atoms with E-state index in [2.05, 4.69) is 27.3 Å². The number of hydrogen-bond acceptors (Lipinski definition) is 5. The van der Waals surface area contributed by atoms with E-state index < -0.39 is 0 Å². The molecule has 9 heteroatoms. The van der Waals surface area contributed by atoms with Gasteiger partial charge in [-0.05, 0) is 31.5 Å². The molecule has 0 atom stereocenters. The van der Waals surface area contributed by atoms with Gasteiger partial charge in [0, 0.05) is 58.7 Å². The fourth-order valence-electron chi connectivity index (χ4n) is 4.43. The number of nitrogens with zero attached hydrogens (tertiary/aromatic N) is 5. The standard InChI is InChI=1S/C25H32N6O3/c1-3-30-20-10-11-21(27-24(20)31(4-2)25(30)34)26-22(32)12-13-23(33)29-16-14-28(15-17-29)18-19-8-6-5-7-9-19/h5-11H,3-4,12-18H2,1-2H3,(H,26,27,32). The summed E-state index contributed by atoms with van der Waals surface area (Å²) >= 11 is 0. The number of nitrogens with one attached hydrogen (secondary N) is 1. The van der Waals surface area contributed by atoms with Gasteiger partial charge in [-0.2, -0.15) is 0 Å². The number of imidazole rings is 1. The van der Waals surface area contributed by atoms with Crippen molar-refractivity contribution in [2.75, 3.05) is 31.5 Å². The molecule has 34 heavy (non-hydrogen) atoms. The predicted octanol–water partition coefficient (Wildman–Crippen LogP) is 2.30. The number of anilines is 1. The number of hydrogen-bond donors (Lipinski definition) is 1. The van der Waals surface area contributed by atoms with Crippen molar-refractivity contribution < 1.29 is 9.59 Å². The normalized spacial score (nSPS) is 14.5. The highest BCUT2D eigenvalue weighted by atomic mass is 16.2. The number of aryl methyl sites for hydroxylation is 2. The van der Waals surface area contributed by atoms with Crippen molar-refractivity contribution in [1.82, 2.24) is 23.9 Å². The van der Waals surface area contributed by atoms with E-state index >= 15 is 0 Å². The molecule has 1 fully saturated rings. The summed E-state index contributed by atoms with van der Waals surface area (Å²) in [7, 11) is 0. The summed E-state index contributed by atoms with van der Waals surface area (Å²) in [5.41, 5.74) is 2.46. The molecule has 0 unspecified atom stereocenters. The second-order valence-corrected chi connectivity index (χ2v) is 8.50. The highest BCUT2D eigenvalue weighted by Crippen LogP contribution is 2.16. The van der Waals surface area contributed by atoms with Crippen molar-refractivity contribution in [3.63, 3.8) is 0 Å². The number of aromatic nitrogens is 3. The van der Waals surface area contributed by atoms with E-state index in [9.17, 15) is 14.4 Å². The van der Waals surface area contributed by atoms with Crippen LogP contribution in [0.1, 0.15) is 32.3 Å². The van der Waals surface area contributed by atoms with Gasteiger partial charge in [0.1, 0.15) is 5.82 Å². The van der Waals surface area contributed by atoms with Gasteiger partial charge < -0.3 is 10.2 Å². The third kappa shape index (κ3) is 5.20. The van der Waals surface area contributed by atoms with Crippen LogP contribution in [0.5, 0.6) is 0 Å². The van der Waals surface area contributed by atoms with Gasteiger partial charge in [0.2, 0.25) is 11.8 Å². The maximum absolute atomic E-state index is 12.6. The summed E-state index contributed by atoms with van der Waals surface area (Å²) in [6.07, 6.45) is 0.262. The first-order valence-electron chi connectivity index (χ1n) is 11.9. The van der Waals surface area contributed by atoms with Gasteiger partial charge in [0.05, 0.1) is 5.52 Å². The Morgan fingerprint density at radius 1 is 0.912 bits per heavy atom. The van der Waals surface area contributed by atoms with Crippen LogP contribution in [0.2, 0.25) is 0 Å². The van der Waals surface area contributed by atoms with Gasteiger partial charge in [-0.25, -0.2) is 9.78 Å². The number of fused-ring (bicyclic) bond motifs is 1. The minimum atomic E-state index is -0.261. The molecule has 0 saturated carbocycles. The smallest absolute Gasteiger partial charge is 0.330 e. The average Bonchev–Trinajstić information content (AvgIpc) is 3.13. The average molecular weight is 465 g/mol. The van der Waals surface area contributed by atoms with Crippen LogP contribution in [0.15, 0.2) is 47.3 Å². The Labute approximate surface area is 199 Å². The molecule has 2 amide bonds. The molecule has 9 nitrogen and oxygen atoms in total. The van der Waals surface area contributed by atoms with E-state index in [4.69, 9.17) is 0 Å². The molecule has 180 valence electrons. The molecule has 0 aliphatic carbocycles. The van der Waals surface area contributed by atoms with Crippen molar-refractivity contribution in [1.29, 1.82) is 0 Å². The number of rotatable bonds is 8. The van der Waals surface area contributed by atoms with Crippen LogP contribution in [-0.4, -0.2) is 61.9 Å². The van der Waals surface area contributed by atoms with Crippen LogP contribution < -0.4 is 11.0 Å². The van der Waals surface area contributed by atoms with Crippen molar-refractivity contribution >= 4 is 28.8 Å². The molecule has 3 heterocycles. The number of carbonyl (C=O) groups is 2. The Hall–Kier alpha value is -3.46. The van der Waals surface area contributed by atoms with E-state index in [1.54, 1.807) is 21.3 Å². The lowest BCUT2D eigenvalue weighted by Crippen LogP contribution is -2.48. The molecule has 2 aromatic heterocycles. The van der Waals surface area contributed by atoms with Crippen molar-refractivity contribution in [3.8, 4) is 0 Å². The maximum Gasteiger partial charge on any atom is 0.330 e. The zero-order valence-electron chi connectivity index (χ0n) is 19.9. The molecule has 4 rings (SSSR count). The Morgan fingerprint density at radius 2 is 1.62 bits per heavy atom. The van der Waals surface area contributed by atoms with E-state index in [0.29, 0.717) is 37.6 Å². The van der Waals surface area contributed by atoms with Gasteiger partial charge in [-0.15, -0.1) is 0 Å². The number of benzene rings is 1. The first-order valence-corrected chi connectivity index (χ1v) is 11.9. The molecule has 1 N–H and O–H groups in total. The lowest BCUT2D eigenvalue weighted by Gasteiger charge is -2.34. The molecule has 1 saturated heterocycles. The Balaban J connectivity index is 1.27. The summed E-state index contributed by atoms with van der Waals surface area (Å²) in [5, 5.41) is 2.77. The first-order chi connectivity index (χ1) is 16.5. The molecular formula is C25H32N6O3. The third-order valence-electron chi connectivity index (χ3n) is 6.30. The summed E-state index contributed by atoms with van der Waals surface area (Å²) in [6, 6.07) is 13.8. The van der Waals surface area contributed by atoms with Crippen molar-refractivity contribution in [3.05, 3.63) is 58.5 Å². The van der Waals surface area contributed by atoms with E-state index in [-0.39, 0.29) is 30.3 Å². The van der Waals surface area contributed by atoms with Gasteiger partial charge >= 0.3 is 5.69 Å². The minimum absolute atomic E-state index is 0.00207. The summed E-state index contributed by atoms with van der Waals surface area (Å²) in [6.45, 7) is 8.75. The van der Waals surface area contributed by atoms with E-state index in [1.807, 2.05) is 36.9 Å². The predicted molar refractivity (Wildman–Crippen MR) is 132 cm³/mol. The van der Waals surface area contributed by atoms with E-state index in [1.165, 1.54) is 5.56 Å². The van der Waals surface area contributed by atoms with E-state index in [0.717, 1.165) is 25.2 Å². The molecule has 1 aromatic carbocycles. The highest BCUT2D eigenvalue weighted by Gasteiger charge is 2.22. The summed E-state index contributed by atoms with van der Waals surface area (Å²) < 4.78 is 3.26. The number of pyridine rings is 1. The number of piperazine rings is 1. The molecule has 3 aromatic rings. The number of amides is 2. The monoisotopic (exact) mass is 464 g/mol. The van der Waals surface area contributed by atoms with Crippen LogP contribution in [0.3, 0.4) is 0 Å². The minimum Gasteiger partial charge on any atom is -0.340 e. The fraction of sp³-hybridized carbons (Fsp3) is 0.440. The van der Waals surface area contributed by atoms with Crippen molar-refractivity contribution in [2.45, 2.75) is 46.3 Å². The lowest BCUT2D eigenvalue weighted by molar-refractivity contribution is -0.134. The molecule has 0 radical (unpaired) electrons. The Bertz CT molecular complexity index is 1210. The maximum atomic E-state index is 12.6. The quantitative estimate of drug-likeness (QED) is 0.552. The molecular weight excluding hydrogens is 432 g/mol. The second-order valence-electron chi connectivity index (χ2n) is 8.50. The zero-order chi connectivity index (χ0) is 24.1. The van der Waals surface area contributed by atoms with Crippen molar-refractivity contribution in [2.24, 2.45) is 0 Å². The molecule has 0 spiro atoms. The Kier molecular flexibility index (Phi) is 7.42. The SMILES string of the molecule is CCn1c(=O)n(CC)c2nc(NC(=O)CCC(=O)N3CCN(Cc4ccccc4)CC3)ccc21. The van der Waals surface area contributed by atoms with Gasteiger partial charge in [-0.3, -0.25) is 23.6 Å². The van der Waals surface area contributed by atoms with Gasteiger partial charge in [0.25, 0.3) is 0 Å².